The summed E-state index contributed by atoms with van der Waals surface area (Å²) in [7, 11) is 0. The summed E-state index contributed by atoms with van der Waals surface area (Å²) in [5.74, 6) is 1.25. The van der Waals surface area contributed by atoms with E-state index in [1.165, 1.54) is 32.1 Å². The monoisotopic (exact) mass is 444 g/mol. The van der Waals surface area contributed by atoms with Crippen LogP contribution in [0.2, 0.25) is 0 Å². The van der Waals surface area contributed by atoms with Crippen molar-refractivity contribution in [2.45, 2.75) is 82.1 Å². The lowest BCUT2D eigenvalue weighted by Crippen LogP contribution is -2.54. The first-order valence-electron chi connectivity index (χ1n) is 13.0. The Morgan fingerprint density at radius 3 is 2.84 bits per heavy atom. The predicted octanol–water partition coefficient (Wildman–Crippen LogP) is 2.81. The Bertz CT molecular complexity index is 717. The number of rotatable bonds is 7. The maximum Gasteiger partial charge on any atom is 0.220 e. The molecule has 1 amide bonds. The van der Waals surface area contributed by atoms with Crippen LogP contribution in [0.25, 0.3) is 0 Å². The van der Waals surface area contributed by atoms with Gasteiger partial charge >= 0.3 is 0 Å². The van der Waals surface area contributed by atoms with E-state index < -0.39 is 6.10 Å². The molecular formula is C26H40N2O4. The molecule has 0 spiro atoms. The Labute approximate surface area is 192 Å². The lowest BCUT2D eigenvalue weighted by molar-refractivity contribution is -0.136. The summed E-state index contributed by atoms with van der Waals surface area (Å²) in [6, 6.07) is -0.251. The van der Waals surface area contributed by atoms with E-state index in [0.29, 0.717) is 31.5 Å². The minimum Gasteiger partial charge on any atom is -0.390 e. The number of hydrogen-bond acceptors (Lipinski definition) is 5. The summed E-state index contributed by atoms with van der Waals surface area (Å²) in [4.78, 5) is 15.5. The Balaban J connectivity index is 1.21. The average Bonchev–Trinajstić information content (AvgIpc) is 3.47. The molecule has 1 saturated carbocycles. The van der Waals surface area contributed by atoms with E-state index in [4.69, 9.17) is 9.47 Å². The van der Waals surface area contributed by atoms with Crippen molar-refractivity contribution in [1.29, 1.82) is 0 Å². The van der Waals surface area contributed by atoms with Crippen LogP contribution < -0.4 is 5.32 Å². The number of aliphatic hydroxyl groups excluding tert-OH is 1. The van der Waals surface area contributed by atoms with Gasteiger partial charge in [0.05, 0.1) is 31.5 Å². The Kier molecular flexibility index (Phi) is 7.32. The number of likely N-dealkylation sites (tertiary alicyclic amines) is 1. The van der Waals surface area contributed by atoms with Gasteiger partial charge in [0, 0.05) is 18.9 Å². The zero-order chi connectivity index (χ0) is 21.9. The molecule has 0 bridgehead atoms. The SMILES string of the molecule is O=C(CC1CC2=CCCCC2C1)N[C@H](CN1CCCC1)[C@H](O)C1C=CC2OCCOC2C1. The first kappa shape index (κ1) is 22.6. The third-order valence-electron chi connectivity index (χ3n) is 8.30. The number of ether oxygens (including phenoxy) is 2. The van der Waals surface area contributed by atoms with Crippen LogP contribution in [0.1, 0.15) is 57.8 Å². The maximum atomic E-state index is 13.1. The smallest absolute Gasteiger partial charge is 0.220 e. The largest absolute Gasteiger partial charge is 0.390 e. The first-order valence-corrected chi connectivity index (χ1v) is 13.0. The third-order valence-corrected chi connectivity index (χ3v) is 8.30. The molecule has 2 aliphatic heterocycles. The lowest BCUT2D eigenvalue weighted by Gasteiger charge is -2.39. The van der Waals surface area contributed by atoms with Crippen molar-refractivity contribution < 1.29 is 19.4 Å². The van der Waals surface area contributed by atoms with Crippen LogP contribution in [0.3, 0.4) is 0 Å². The van der Waals surface area contributed by atoms with E-state index in [2.05, 4.69) is 22.4 Å². The highest BCUT2D eigenvalue weighted by Gasteiger charge is 2.38. The standard InChI is InChI=1S/C26H40N2O4/c29-25(15-18-13-19-5-1-2-6-20(19)14-18)27-22(17-28-9-3-4-10-28)26(30)21-7-8-23-24(16-21)32-12-11-31-23/h5,7-8,18,20-24,26,30H,1-4,6,9-17H2,(H,27,29)/t18?,20?,21?,22-,23?,24?,26-/m1/s1. The van der Waals surface area contributed by atoms with Crippen molar-refractivity contribution in [2.75, 3.05) is 32.8 Å². The van der Waals surface area contributed by atoms with Crippen molar-refractivity contribution >= 4 is 5.91 Å². The molecule has 6 heteroatoms. The summed E-state index contributed by atoms with van der Waals surface area (Å²) in [5.41, 5.74) is 1.60. The fraction of sp³-hybridized carbons (Fsp3) is 0.808. The Morgan fingerprint density at radius 1 is 1.16 bits per heavy atom. The number of allylic oxidation sites excluding steroid dienone is 2. The molecule has 3 aliphatic carbocycles. The molecule has 5 rings (SSSR count). The van der Waals surface area contributed by atoms with Gasteiger partial charge in [0.15, 0.2) is 0 Å². The molecule has 2 N–H and O–H groups in total. The van der Waals surface area contributed by atoms with Crippen molar-refractivity contribution in [3.05, 3.63) is 23.8 Å². The molecule has 5 aliphatic rings. The van der Waals surface area contributed by atoms with Crippen LogP contribution >= 0.6 is 0 Å². The van der Waals surface area contributed by atoms with Crippen LogP contribution in [0.15, 0.2) is 23.8 Å². The molecule has 178 valence electrons. The molecule has 0 aromatic heterocycles. The molecule has 0 aromatic carbocycles. The molecule has 2 heterocycles. The van der Waals surface area contributed by atoms with Gasteiger partial charge in [0.1, 0.15) is 6.10 Å². The fourth-order valence-corrected chi connectivity index (χ4v) is 6.63. The van der Waals surface area contributed by atoms with Crippen molar-refractivity contribution in [1.82, 2.24) is 10.2 Å². The van der Waals surface area contributed by atoms with Crippen molar-refractivity contribution in [3.8, 4) is 0 Å². The van der Waals surface area contributed by atoms with Crippen LogP contribution in [0.4, 0.5) is 0 Å². The maximum absolute atomic E-state index is 13.1. The molecule has 3 fully saturated rings. The number of carbonyl (C=O) groups excluding carboxylic acids is 1. The van der Waals surface area contributed by atoms with Gasteiger partial charge in [-0.2, -0.15) is 0 Å². The second kappa shape index (κ2) is 10.4. The second-order valence-corrected chi connectivity index (χ2v) is 10.6. The number of fused-ring (bicyclic) bond motifs is 2. The van der Waals surface area contributed by atoms with Crippen molar-refractivity contribution in [3.63, 3.8) is 0 Å². The van der Waals surface area contributed by atoms with E-state index in [0.717, 1.165) is 38.9 Å². The molecular weight excluding hydrogens is 404 g/mol. The number of aliphatic hydroxyl groups is 1. The van der Waals surface area contributed by atoms with Gasteiger partial charge in [-0.05, 0) is 76.3 Å². The highest BCUT2D eigenvalue weighted by atomic mass is 16.6. The van der Waals surface area contributed by atoms with E-state index in [1.807, 2.05) is 6.08 Å². The van der Waals surface area contributed by atoms with E-state index >= 15 is 0 Å². The fourth-order valence-electron chi connectivity index (χ4n) is 6.63. The van der Waals surface area contributed by atoms with Gasteiger partial charge in [0.2, 0.25) is 5.91 Å². The molecule has 32 heavy (non-hydrogen) atoms. The van der Waals surface area contributed by atoms with Crippen LogP contribution in [-0.2, 0) is 14.3 Å². The number of hydrogen-bond donors (Lipinski definition) is 2. The summed E-state index contributed by atoms with van der Waals surface area (Å²) < 4.78 is 11.7. The second-order valence-electron chi connectivity index (χ2n) is 10.6. The number of carbonyl (C=O) groups is 1. The topological polar surface area (TPSA) is 71.0 Å². The zero-order valence-electron chi connectivity index (χ0n) is 19.3. The molecule has 0 radical (unpaired) electrons. The van der Waals surface area contributed by atoms with Crippen LogP contribution in [0.5, 0.6) is 0 Å². The van der Waals surface area contributed by atoms with Gasteiger partial charge in [-0.15, -0.1) is 0 Å². The molecule has 6 nitrogen and oxygen atoms in total. The number of amides is 1. The van der Waals surface area contributed by atoms with Crippen LogP contribution in [-0.4, -0.2) is 73.1 Å². The molecule has 7 atom stereocenters. The van der Waals surface area contributed by atoms with E-state index in [1.54, 1.807) is 5.57 Å². The molecule has 0 aromatic rings. The summed E-state index contributed by atoms with van der Waals surface area (Å²) in [6.45, 7) is 4.08. The zero-order valence-corrected chi connectivity index (χ0v) is 19.3. The summed E-state index contributed by atoms with van der Waals surface area (Å²) >= 11 is 0. The number of nitrogens with one attached hydrogen (secondary N) is 1. The van der Waals surface area contributed by atoms with E-state index in [9.17, 15) is 9.90 Å². The van der Waals surface area contributed by atoms with Crippen molar-refractivity contribution in [2.24, 2.45) is 17.8 Å². The van der Waals surface area contributed by atoms with Gasteiger partial charge < -0.3 is 24.8 Å². The molecule has 5 unspecified atom stereocenters. The predicted molar refractivity (Wildman–Crippen MR) is 123 cm³/mol. The van der Waals surface area contributed by atoms with Crippen LogP contribution in [0, 0.1) is 17.8 Å². The lowest BCUT2D eigenvalue weighted by atomic mass is 9.84. The molecule has 2 saturated heterocycles. The van der Waals surface area contributed by atoms with E-state index in [-0.39, 0.29) is 30.1 Å². The quantitative estimate of drug-likeness (QED) is 0.591. The van der Waals surface area contributed by atoms with Gasteiger partial charge in [-0.3, -0.25) is 4.79 Å². The van der Waals surface area contributed by atoms with Gasteiger partial charge in [-0.1, -0.05) is 23.8 Å². The summed E-state index contributed by atoms with van der Waals surface area (Å²) in [5, 5.41) is 14.6. The highest BCUT2D eigenvalue weighted by molar-refractivity contribution is 5.76. The minimum absolute atomic E-state index is 0.000900. The van der Waals surface area contributed by atoms with Gasteiger partial charge in [0.25, 0.3) is 0 Å². The summed E-state index contributed by atoms with van der Waals surface area (Å²) in [6.07, 6.45) is 15.7. The average molecular weight is 445 g/mol. The highest BCUT2D eigenvalue weighted by Crippen LogP contribution is 2.43. The van der Waals surface area contributed by atoms with Gasteiger partial charge in [-0.25, -0.2) is 0 Å². The third kappa shape index (κ3) is 5.30. The normalized spacial score (nSPS) is 36.8. The Hall–Kier alpha value is -1.21. The minimum atomic E-state index is -0.615. The first-order chi connectivity index (χ1) is 15.7. The number of nitrogens with zero attached hydrogens (tertiary/aromatic N) is 1. The Morgan fingerprint density at radius 2 is 2.00 bits per heavy atom.